The van der Waals surface area contributed by atoms with E-state index in [1.165, 1.54) is 19.1 Å². The van der Waals surface area contributed by atoms with Crippen molar-refractivity contribution in [2.45, 2.75) is 44.4 Å². The lowest BCUT2D eigenvalue weighted by molar-refractivity contribution is 0.267. The Hall–Kier alpha value is -0.820. The molecule has 0 amide bonds. The molecule has 1 heterocycles. The van der Waals surface area contributed by atoms with E-state index in [1.807, 2.05) is 0 Å². The van der Waals surface area contributed by atoms with Crippen LogP contribution in [-0.2, 0) is 9.84 Å². The Morgan fingerprint density at radius 2 is 2.05 bits per heavy atom. The number of aliphatic imine (C=N–C) groups is 1. The van der Waals surface area contributed by atoms with E-state index in [-0.39, 0.29) is 0 Å². The number of sulfone groups is 1. The zero-order chi connectivity index (χ0) is 16.1. The lowest BCUT2D eigenvalue weighted by Crippen LogP contribution is -2.50. The fraction of sp³-hybridized carbons (Fsp3) is 0.929. The molecule has 0 spiro atoms. The normalized spacial score (nSPS) is 21.6. The second kappa shape index (κ2) is 7.45. The Labute approximate surface area is 129 Å². The van der Waals surface area contributed by atoms with Crippen molar-refractivity contribution in [2.24, 2.45) is 4.99 Å². The molecule has 0 bridgehead atoms. The minimum Gasteiger partial charge on any atom is -0.355 e. The van der Waals surface area contributed by atoms with Crippen LogP contribution in [0.15, 0.2) is 4.99 Å². The van der Waals surface area contributed by atoms with Gasteiger partial charge in [-0.1, -0.05) is 6.92 Å². The summed E-state index contributed by atoms with van der Waals surface area (Å²) < 4.78 is 22.6. The summed E-state index contributed by atoms with van der Waals surface area (Å²) in [7, 11) is -1.40. The van der Waals surface area contributed by atoms with E-state index in [0.29, 0.717) is 18.5 Å². The van der Waals surface area contributed by atoms with E-state index >= 15 is 0 Å². The second-order valence-electron chi connectivity index (χ2n) is 6.26. The Balaban J connectivity index is 2.46. The molecule has 0 aliphatic carbocycles. The largest absolute Gasteiger partial charge is 0.355 e. The van der Waals surface area contributed by atoms with Crippen molar-refractivity contribution in [3.8, 4) is 0 Å². The topological polar surface area (TPSA) is 73.8 Å². The van der Waals surface area contributed by atoms with Gasteiger partial charge in [0, 0.05) is 32.4 Å². The van der Waals surface area contributed by atoms with Gasteiger partial charge in [-0.2, -0.15) is 0 Å². The van der Waals surface area contributed by atoms with Gasteiger partial charge in [0.25, 0.3) is 0 Å². The summed E-state index contributed by atoms with van der Waals surface area (Å²) >= 11 is 0. The van der Waals surface area contributed by atoms with Crippen molar-refractivity contribution < 1.29 is 8.42 Å². The first-order valence-electron chi connectivity index (χ1n) is 7.59. The van der Waals surface area contributed by atoms with Crippen LogP contribution in [0, 0.1) is 0 Å². The van der Waals surface area contributed by atoms with Gasteiger partial charge in [0.1, 0.15) is 0 Å². The van der Waals surface area contributed by atoms with E-state index < -0.39 is 14.6 Å². The molecule has 0 radical (unpaired) electrons. The molecule has 124 valence electrons. The van der Waals surface area contributed by atoms with Gasteiger partial charge in [-0.3, -0.25) is 9.89 Å². The first kappa shape index (κ1) is 18.2. The Morgan fingerprint density at radius 1 is 1.38 bits per heavy atom. The van der Waals surface area contributed by atoms with Crippen LogP contribution in [0.25, 0.3) is 0 Å². The van der Waals surface area contributed by atoms with Crippen LogP contribution >= 0.6 is 0 Å². The van der Waals surface area contributed by atoms with Crippen molar-refractivity contribution in [3.63, 3.8) is 0 Å². The summed E-state index contributed by atoms with van der Waals surface area (Å²) in [5.41, 5.74) is 0. The number of nitrogens with zero attached hydrogens (tertiary/aromatic N) is 2. The molecule has 1 fully saturated rings. The van der Waals surface area contributed by atoms with Gasteiger partial charge < -0.3 is 10.6 Å². The Bertz CT molecular complexity index is 460. The number of hydrogen-bond donors (Lipinski definition) is 2. The summed E-state index contributed by atoms with van der Waals surface area (Å²) in [5, 5.41) is 6.42. The molecule has 1 atom stereocenters. The molecule has 0 saturated carbocycles. The molecule has 0 aromatic carbocycles. The smallest absolute Gasteiger partial charge is 0.191 e. The second-order valence-corrected chi connectivity index (χ2v) is 8.91. The van der Waals surface area contributed by atoms with Crippen molar-refractivity contribution in [3.05, 3.63) is 0 Å². The predicted octanol–water partition coefficient (Wildman–Crippen LogP) is 0.459. The number of hydrogen-bond acceptors (Lipinski definition) is 4. The van der Waals surface area contributed by atoms with E-state index in [2.05, 4.69) is 27.4 Å². The number of nitrogens with one attached hydrogen (secondary N) is 2. The van der Waals surface area contributed by atoms with Crippen LogP contribution in [-0.4, -0.2) is 69.5 Å². The molecule has 1 unspecified atom stereocenters. The first-order chi connectivity index (χ1) is 9.71. The predicted molar refractivity (Wildman–Crippen MR) is 88.6 cm³/mol. The Morgan fingerprint density at radius 3 is 2.57 bits per heavy atom. The SMILES string of the molecule is CCN1CCCC1CNC(=NC)NCC(C)(C)S(C)(=O)=O. The van der Waals surface area contributed by atoms with E-state index in [9.17, 15) is 8.42 Å². The summed E-state index contributed by atoms with van der Waals surface area (Å²) in [6, 6.07) is 0.538. The van der Waals surface area contributed by atoms with E-state index in [0.717, 1.165) is 19.6 Å². The molecular formula is C14H30N4O2S. The first-order valence-corrected chi connectivity index (χ1v) is 9.48. The lowest BCUT2D eigenvalue weighted by Gasteiger charge is -2.26. The molecule has 0 aromatic rings. The molecule has 1 aliphatic rings. The van der Waals surface area contributed by atoms with Gasteiger partial charge in [0.2, 0.25) is 0 Å². The maximum atomic E-state index is 11.7. The fourth-order valence-corrected chi connectivity index (χ4v) is 2.74. The molecule has 6 nitrogen and oxygen atoms in total. The van der Waals surface area contributed by atoms with Crippen molar-refractivity contribution in [1.82, 2.24) is 15.5 Å². The number of rotatable bonds is 6. The summed E-state index contributed by atoms with van der Waals surface area (Å²) in [4.78, 5) is 6.63. The van der Waals surface area contributed by atoms with Crippen molar-refractivity contribution >= 4 is 15.8 Å². The third-order valence-electron chi connectivity index (χ3n) is 4.32. The summed E-state index contributed by atoms with van der Waals surface area (Å²) in [5.74, 6) is 0.662. The van der Waals surface area contributed by atoms with E-state index in [4.69, 9.17) is 0 Å². The highest BCUT2D eigenvalue weighted by Crippen LogP contribution is 2.15. The number of likely N-dealkylation sites (N-methyl/N-ethyl adjacent to an activating group) is 1. The van der Waals surface area contributed by atoms with Gasteiger partial charge in [-0.25, -0.2) is 8.42 Å². The van der Waals surface area contributed by atoms with Crippen LogP contribution in [0.1, 0.15) is 33.6 Å². The third-order valence-corrected chi connectivity index (χ3v) is 6.47. The summed E-state index contributed by atoms with van der Waals surface area (Å²) in [6.45, 7) is 9.03. The van der Waals surface area contributed by atoms with Gasteiger partial charge in [0.05, 0.1) is 4.75 Å². The van der Waals surface area contributed by atoms with Crippen LogP contribution in [0.2, 0.25) is 0 Å². The molecular weight excluding hydrogens is 288 g/mol. The average Bonchev–Trinajstić information content (AvgIpc) is 2.85. The highest BCUT2D eigenvalue weighted by atomic mass is 32.2. The van der Waals surface area contributed by atoms with Crippen LogP contribution in [0.4, 0.5) is 0 Å². The van der Waals surface area contributed by atoms with Gasteiger partial charge in [-0.15, -0.1) is 0 Å². The zero-order valence-electron chi connectivity index (χ0n) is 13.9. The molecule has 1 aliphatic heterocycles. The molecule has 7 heteroatoms. The maximum Gasteiger partial charge on any atom is 0.191 e. The average molecular weight is 318 g/mol. The molecule has 21 heavy (non-hydrogen) atoms. The molecule has 1 saturated heterocycles. The van der Waals surface area contributed by atoms with Crippen LogP contribution in [0.3, 0.4) is 0 Å². The number of likely N-dealkylation sites (tertiary alicyclic amines) is 1. The Kier molecular flexibility index (Phi) is 6.46. The standard InChI is InChI=1S/C14H30N4O2S/c1-6-18-9-7-8-12(18)10-16-13(15-4)17-11-14(2,3)21(5,19)20/h12H,6-11H2,1-5H3,(H2,15,16,17). The van der Waals surface area contributed by atoms with Crippen LogP contribution in [0.5, 0.6) is 0 Å². The molecule has 2 N–H and O–H groups in total. The van der Waals surface area contributed by atoms with Gasteiger partial charge >= 0.3 is 0 Å². The minimum absolute atomic E-state index is 0.341. The van der Waals surface area contributed by atoms with Crippen molar-refractivity contribution in [2.75, 3.05) is 39.5 Å². The monoisotopic (exact) mass is 318 g/mol. The zero-order valence-corrected chi connectivity index (χ0v) is 14.8. The summed E-state index contributed by atoms with van der Waals surface area (Å²) in [6.07, 6.45) is 3.71. The quantitative estimate of drug-likeness (QED) is 0.550. The van der Waals surface area contributed by atoms with E-state index in [1.54, 1.807) is 20.9 Å². The number of guanidine groups is 1. The lowest BCUT2D eigenvalue weighted by atomic mass is 10.2. The molecule has 1 rings (SSSR count). The van der Waals surface area contributed by atoms with Gasteiger partial charge in [-0.05, 0) is 39.8 Å². The van der Waals surface area contributed by atoms with Crippen molar-refractivity contribution in [1.29, 1.82) is 0 Å². The third kappa shape index (κ3) is 5.14. The van der Waals surface area contributed by atoms with Gasteiger partial charge in [0.15, 0.2) is 15.8 Å². The maximum absolute atomic E-state index is 11.7. The van der Waals surface area contributed by atoms with Crippen LogP contribution < -0.4 is 10.6 Å². The highest BCUT2D eigenvalue weighted by molar-refractivity contribution is 7.92. The highest BCUT2D eigenvalue weighted by Gasteiger charge is 2.30. The molecule has 0 aromatic heterocycles. The fourth-order valence-electron chi connectivity index (χ4n) is 2.41. The minimum atomic E-state index is -3.10.